The number of urea groups is 2. The lowest BCUT2D eigenvalue weighted by Gasteiger charge is -2.32. The van der Waals surface area contributed by atoms with Gasteiger partial charge in [-0.3, -0.25) is 0 Å². The number of amides is 4. The van der Waals surface area contributed by atoms with Crippen molar-refractivity contribution < 1.29 is 18.7 Å². The molecule has 3 N–H and O–H groups in total. The van der Waals surface area contributed by atoms with Crippen LogP contribution in [0.15, 0.2) is 48.5 Å². The van der Waals surface area contributed by atoms with Gasteiger partial charge in [0.25, 0.3) is 0 Å². The van der Waals surface area contributed by atoms with E-state index in [2.05, 4.69) is 16.0 Å². The van der Waals surface area contributed by atoms with E-state index in [0.29, 0.717) is 42.7 Å². The van der Waals surface area contributed by atoms with E-state index < -0.39 is 0 Å². The third-order valence-electron chi connectivity index (χ3n) is 4.88. The van der Waals surface area contributed by atoms with Gasteiger partial charge in [-0.15, -0.1) is 0 Å². The Balaban J connectivity index is 1.38. The molecule has 1 saturated heterocycles. The first kappa shape index (κ1) is 20.4. The Kier molecular flexibility index (Phi) is 6.89. The van der Waals surface area contributed by atoms with E-state index in [1.807, 2.05) is 6.07 Å². The first-order chi connectivity index (χ1) is 14.0. The number of hydrogen-bond acceptors (Lipinski definition) is 3. The molecule has 1 aliphatic rings. The first-order valence-corrected chi connectivity index (χ1v) is 9.54. The zero-order valence-electron chi connectivity index (χ0n) is 16.3. The minimum absolute atomic E-state index is 0.196. The van der Waals surface area contributed by atoms with E-state index in [-0.39, 0.29) is 17.9 Å². The van der Waals surface area contributed by atoms with Crippen LogP contribution in [0.1, 0.15) is 12.8 Å². The number of carbonyl (C=O) groups is 2. The van der Waals surface area contributed by atoms with Crippen LogP contribution < -0.4 is 20.7 Å². The average Bonchev–Trinajstić information content (AvgIpc) is 2.74. The van der Waals surface area contributed by atoms with Crippen LogP contribution in [-0.2, 0) is 0 Å². The number of hydrogen-bond donors (Lipinski definition) is 3. The van der Waals surface area contributed by atoms with Gasteiger partial charge in [0.15, 0.2) is 0 Å². The van der Waals surface area contributed by atoms with Crippen molar-refractivity contribution in [1.82, 2.24) is 10.2 Å². The molecule has 0 radical (unpaired) electrons. The zero-order chi connectivity index (χ0) is 20.6. The molecule has 7 nitrogen and oxygen atoms in total. The maximum Gasteiger partial charge on any atom is 0.321 e. The SMILES string of the molecule is COc1cccc(NC(=O)NCC2CCN(C(=O)Nc3ccc(F)cc3)CC2)c1. The summed E-state index contributed by atoms with van der Waals surface area (Å²) in [7, 11) is 1.57. The van der Waals surface area contributed by atoms with E-state index in [0.717, 1.165) is 12.8 Å². The third-order valence-corrected chi connectivity index (χ3v) is 4.88. The number of likely N-dealkylation sites (tertiary alicyclic amines) is 1. The van der Waals surface area contributed by atoms with Gasteiger partial charge in [0.1, 0.15) is 11.6 Å². The van der Waals surface area contributed by atoms with Gasteiger partial charge in [0.05, 0.1) is 7.11 Å². The number of nitrogens with one attached hydrogen (secondary N) is 3. The highest BCUT2D eigenvalue weighted by atomic mass is 19.1. The maximum absolute atomic E-state index is 12.9. The molecule has 8 heteroatoms. The molecule has 0 bridgehead atoms. The van der Waals surface area contributed by atoms with Crippen molar-refractivity contribution in [2.24, 2.45) is 5.92 Å². The van der Waals surface area contributed by atoms with Gasteiger partial charge >= 0.3 is 12.1 Å². The Hall–Kier alpha value is -3.29. The van der Waals surface area contributed by atoms with Crippen LogP contribution in [-0.4, -0.2) is 43.7 Å². The number of piperidine rings is 1. The Labute approximate surface area is 169 Å². The van der Waals surface area contributed by atoms with Gasteiger partial charge in [0, 0.05) is 37.1 Å². The smallest absolute Gasteiger partial charge is 0.321 e. The first-order valence-electron chi connectivity index (χ1n) is 9.54. The van der Waals surface area contributed by atoms with Crippen LogP contribution in [0.2, 0.25) is 0 Å². The number of methoxy groups -OCH3 is 1. The molecule has 0 aliphatic carbocycles. The molecular formula is C21H25FN4O3. The fourth-order valence-corrected chi connectivity index (χ4v) is 3.19. The molecule has 4 amide bonds. The molecule has 2 aromatic rings. The molecule has 3 rings (SSSR count). The predicted octanol–water partition coefficient (Wildman–Crippen LogP) is 3.90. The molecule has 0 atom stereocenters. The van der Waals surface area contributed by atoms with Gasteiger partial charge in [-0.2, -0.15) is 0 Å². The highest BCUT2D eigenvalue weighted by Crippen LogP contribution is 2.19. The fraction of sp³-hybridized carbons (Fsp3) is 0.333. The Morgan fingerprint density at radius 2 is 1.79 bits per heavy atom. The molecule has 0 saturated carbocycles. The average molecular weight is 400 g/mol. The van der Waals surface area contributed by atoms with E-state index >= 15 is 0 Å². The van der Waals surface area contributed by atoms with Crippen molar-refractivity contribution in [2.45, 2.75) is 12.8 Å². The van der Waals surface area contributed by atoms with Crippen molar-refractivity contribution in [3.05, 3.63) is 54.3 Å². The minimum atomic E-state index is -0.341. The largest absolute Gasteiger partial charge is 0.497 e. The molecule has 0 aromatic heterocycles. The van der Waals surface area contributed by atoms with E-state index in [9.17, 15) is 14.0 Å². The van der Waals surface area contributed by atoms with E-state index in [1.54, 1.807) is 30.2 Å². The van der Waals surface area contributed by atoms with Gasteiger partial charge in [-0.25, -0.2) is 14.0 Å². The summed E-state index contributed by atoms with van der Waals surface area (Å²) in [5, 5.41) is 8.44. The fourth-order valence-electron chi connectivity index (χ4n) is 3.19. The second-order valence-corrected chi connectivity index (χ2v) is 6.93. The molecule has 1 aliphatic heterocycles. The number of benzene rings is 2. The number of halogens is 1. The lowest BCUT2D eigenvalue weighted by atomic mass is 9.97. The van der Waals surface area contributed by atoms with Crippen LogP contribution in [0.4, 0.5) is 25.4 Å². The summed E-state index contributed by atoms with van der Waals surface area (Å²) in [6, 6.07) is 12.4. The lowest BCUT2D eigenvalue weighted by molar-refractivity contribution is 0.181. The molecule has 0 unspecified atom stereocenters. The zero-order valence-corrected chi connectivity index (χ0v) is 16.3. The van der Waals surface area contributed by atoms with E-state index in [4.69, 9.17) is 4.74 Å². The summed E-state index contributed by atoms with van der Waals surface area (Å²) in [5.41, 5.74) is 1.23. The summed E-state index contributed by atoms with van der Waals surface area (Å²) in [6.07, 6.45) is 1.60. The van der Waals surface area contributed by atoms with Crippen molar-refractivity contribution in [1.29, 1.82) is 0 Å². The quantitative estimate of drug-likeness (QED) is 0.712. The normalized spacial score (nSPS) is 14.2. The van der Waals surface area contributed by atoms with Gasteiger partial charge < -0.3 is 25.6 Å². The number of carbonyl (C=O) groups excluding carboxylic acids is 2. The minimum Gasteiger partial charge on any atom is -0.497 e. The van der Waals surface area contributed by atoms with Crippen LogP contribution in [0.5, 0.6) is 5.75 Å². The topological polar surface area (TPSA) is 82.7 Å². The molecule has 2 aromatic carbocycles. The van der Waals surface area contributed by atoms with Crippen molar-refractivity contribution >= 4 is 23.4 Å². The molecule has 1 heterocycles. The Morgan fingerprint density at radius 3 is 2.48 bits per heavy atom. The Bertz CT molecular complexity index is 836. The second-order valence-electron chi connectivity index (χ2n) is 6.93. The molecular weight excluding hydrogens is 375 g/mol. The van der Waals surface area contributed by atoms with Gasteiger partial charge in [-0.05, 0) is 55.2 Å². The maximum atomic E-state index is 12.9. The highest BCUT2D eigenvalue weighted by molar-refractivity contribution is 5.90. The number of ether oxygens (including phenoxy) is 1. The second kappa shape index (κ2) is 9.77. The summed E-state index contributed by atoms with van der Waals surface area (Å²) in [5.74, 6) is 0.641. The number of nitrogens with zero attached hydrogens (tertiary/aromatic N) is 1. The summed E-state index contributed by atoms with van der Waals surface area (Å²) in [4.78, 5) is 26.1. The highest BCUT2D eigenvalue weighted by Gasteiger charge is 2.23. The molecule has 0 spiro atoms. The standard InChI is InChI=1S/C21H25FN4O3/c1-29-19-4-2-3-18(13-19)24-20(27)23-14-15-9-11-26(12-10-15)21(28)25-17-7-5-16(22)6-8-17/h2-8,13,15H,9-12,14H2,1H3,(H,25,28)(H2,23,24,27). The number of anilines is 2. The van der Waals surface area contributed by atoms with Crippen LogP contribution in [0, 0.1) is 11.7 Å². The number of rotatable bonds is 5. The van der Waals surface area contributed by atoms with Crippen molar-refractivity contribution in [3.8, 4) is 5.75 Å². The monoisotopic (exact) mass is 400 g/mol. The predicted molar refractivity (Wildman–Crippen MR) is 110 cm³/mol. The molecule has 29 heavy (non-hydrogen) atoms. The van der Waals surface area contributed by atoms with Gasteiger partial charge in [0.2, 0.25) is 0 Å². The Morgan fingerprint density at radius 1 is 1.07 bits per heavy atom. The van der Waals surface area contributed by atoms with Crippen LogP contribution in [0.25, 0.3) is 0 Å². The summed E-state index contributed by atoms with van der Waals surface area (Å²) >= 11 is 0. The van der Waals surface area contributed by atoms with Crippen LogP contribution >= 0.6 is 0 Å². The summed E-state index contributed by atoms with van der Waals surface area (Å²) in [6.45, 7) is 1.76. The molecule has 154 valence electrons. The molecule has 1 fully saturated rings. The summed E-state index contributed by atoms with van der Waals surface area (Å²) < 4.78 is 18.1. The van der Waals surface area contributed by atoms with E-state index in [1.165, 1.54) is 24.3 Å². The lowest BCUT2D eigenvalue weighted by Crippen LogP contribution is -2.43. The third kappa shape index (κ3) is 6.10. The van der Waals surface area contributed by atoms with Crippen molar-refractivity contribution in [3.63, 3.8) is 0 Å². The van der Waals surface area contributed by atoms with Crippen molar-refractivity contribution in [2.75, 3.05) is 37.4 Å². The van der Waals surface area contributed by atoms with Crippen LogP contribution in [0.3, 0.4) is 0 Å². The van der Waals surface area contributed by atoms with Gasteiger partial charge in [-0.1, -0.05) is 6.07 Å².